The van der Waals surface area contributed by atoms with Crippen LogP contribution in [0.25, 0.3) is 11.0 Å². The fourth-order valence-electron chi connectivity index (χ4n) is 3.96. The highest BCUT2D eigenvalue weighted by molar-refractivity contribution is 9.10. The summed E-state index contributed by atoms with van der Waals surface area (Å²) in [5.74, 6) is 0.313. The molecule has 7 nitrogen and oxygen atoms in total. The SMILES string of the molecule is O=C(Nc1cccc2nccnc12)OCCCN1CCC(C(=O)c2ccc(Br)cc2)CC1. The summed E-state index contributed by atoms with van der Waals surface area (Å²) >= 11 is 3.40. The number of ketones is 1. The summed E-state index contributed by atoms with van der Waals surface area (Å²) in [5, 5.41) is 2.74. The quantitative estimate of drug-likeness (QED) is 0.368. The maximum atomic E-state index is 12.7. The van der Waals surface area contributed by atoms with Crippen LogP contribution in [0.15, 0.2) is 59.3 Å². The van der Waals surface area contributed by atoms with Gasteiger partial charge in [-0.2, -0.15) is 0 Å². The topological polar surface area (TPSA) is 84.4 Å². The van der Waals surface area contributed by atoms with Gasteiger partial charge in [0.25, 0.3) is 0 Å². The number of aromatic nitrogens is 2. The number of carbonyl (C=O) groups is 2. The number of benzene rings is 2. The fourth-order valence-corrected chi connectivity index (χ4v) is 4.23. The lowest BCUT2D eigenvalue weighted by atomic mass is 9.89. The van der Waals surface area contributed by atoms with E-state index in [1.807, 2.05) is 36.4 Å². The number of likely N-dealkylation sites (tertiary alicyclic amines) is 1. The van der Waals surface area contributed by atoms with E-state index >= 15 is 0 Å². The number of ether oxygens (including phenoxy) is 1. The van der Waals surface area contributed by atoms with Crippen molar-refractivity contribution in [2.75, 3.05) is 31.6 Å². The number of Topliss-reactive ketones (excluding diaryl/α,β-unsaturated/α-hetero) is 1. The molecule has 166 valence electrons. The van der Waals surface area contributed by atoms with Gasteiger partial charge in [-0.15, -0.1) is 0 Å². The molecule has 1 N–H and O–H groups in total. The van der Waals surface area contributed by atoms with Crippen LogP contribution in [0.1, 0.15) is 29.6 Å². The predicted molar refractivity (Wildman–Crippen MR) is 127 cm³/mol. The van der Waals surface area contributed by atoms with Crippen LogP contribution >= 0.6 is 15.9 Å². The van der Waals surface area contributed by atoms with E-state index in [9.17, 15) is 9.59 Å². The Bertz CT molecular complexity index is 1080. The Labute approximate surface area is 195 Å². The van der Waals surface area contributed by atoms with Crippen LogP contribution < -0.4 is 5.32 Å². The molecule has 0 bridgehead atoms. The molecule has 0 aliphatic carbocycles. The molecule has 0 atom stereocenters. The zero-order valence-electron chi connectivity index (χ0n) is 17.7. The van der Waals surface area contributed by atoms with E-state index in [0.717, 1.165) is 48.9 Å². The van der Waals surface area contributed by atoms with Gasteiger partial charge in [-0.1, -0.05) is 34.1 Å². The summed E-state index contributed by atoms with van der Waals surface area (Å²) in [4.78, 5) is 35.6. The number of nitrogens with zero attached hydrogens (tertiary/aromatic N) is 3. The first-order valence-corrected chi connectivity index (χ1v) is 11.5. The minimum Gasteiger partial charge on any atom is -0.449 e. The number of anilines is 1. The smallest absolute Gasteiger partial charge is 0.411 e. The summed E-state index contributed by atoms with van der Waals surface area (Å²) < 4.78 is 6.31. The number of halogens is 1. The van der Waals surface area contributed by atoms with Crippen molar-refractivity contribution in [3.63, 3.8) is 0 Å². The molecule has 1 saturated heterocycles. The largest absolute Gasteiger partial charge is 0.449 e. The summed E-state index contributed by atoms with van der Waals surface area (Å²) in [6, 6.07) is 13.0. The number of nitrogens with one attached hydrogen (secondary N) is 1. The third kappa shape index (κ3) is 5.69. The lowest BCUT2D eigenvalue weighted by Crippen LogP contribution is -2.37. The molecular formula is C24H25BrN4O3. The Balaban J connectivity index is 1.16. The van der Waals surface area contributed by atoms with E-state index < -0.39 is 6.09 Å². The molecule has 2 heterocycles. The normalized spacial score (nSPS) is 14.9. The molecule has 1 aliphatic rings. The van der Waals surface area contributed by atoms with Crippen molar-refractivity contribution in [1.82, 2.24) is 14.9 Å². The second kappa shape index (κ2) is 10.7. The number of carbonyl (C=O) groups excluding carboxylic acids is 2. The zero-order valence-corrected chi connectivity index (χ0v) is 19.3. The average Bonchev–Trinajstić information content (AvgIpc) is 2.82. The molecule has 0 radical (unpaired) electrons. The molecule has 4 rings (SSSR count). The van der Waals surface area contributed by atoms with E-state index in [4.69, 9.17) is 4.74 Å². The van der Waals surface area contributed by atoms with E-state index in [1.54, 1.807) is 18.5 Å². The molecule has 32 heavy (non-hydrogen) atoms. The highest BCUT2D eigenvalue weighted by Crippen LogP contribution is 2.23. The highest BCUT2D eigenvalue weighted by Gasteiger charge is 2.25. The zero-order chi connectivity index (χ0) is 22.3. The molecule has 0 spiro atoms. The first-order chi connectivity index (χ1) is 15.6. The predicted octanol–water partition coefficient (Wildman–Crippen LogP) is 4.93. The number of para-hydroxylation sites is 1. The Kier molecular flexibility index (Phi) is 7.44. The van der Waals surface area contributed by atoms with Crippen LogP contribution in [0.3, 0.4) is 0 Å². The number of hydrogen-bond donors (Lipinski definition) is 1. The maximum Gasteiger partial charge on any atom is 0.411 e. The minimum atomic E-state index is -0.498. The molecule has 0 saturated carbocycles. The van der Waals surface area contributed by atoms with E-state index in [0.29, 0.717) is 23.3 Å². The summed E-state index contributed by atoms with van der Waals surface area (Å²) in [6.07, 6.45) is 5.17. The minimum absolute atomic E-state index is 0.0817. The van der Waals surface area contributed by atoms with Gasteiger partial charge < -0.3 is 9.64 Å². The lowest BCUT2D eigenvalue weighted by molar-refractivity contribution is 0.0830. The van der Waals surface area contributed by atoms with Gasteiger partial charge in [0.2, 0.25) is 0 Å². The van der Waals surface area contributed by atoms with Gasteiger partial charge in [-0.3, -0.25) is 20.1 Å². The second-order valence-electron chi connectivity index (χ2n) is 7.83. The number of rotatable bonds is 7. The monoisotopic (exact) mass is 496 g/mol. The number of amides is 1. The van der Waals surface area contributed by atoms with E-state index in [-0.39, 0.29) is 11.7 Å². The molecule has 3 aromatic rings. The lowest BCUT2D eigenvalue weighted by Gasteiger charge is -2.31. The standard InChI is InChI=1S/C24H25BrN4O3/c25-19-7-5-17(6-8-19)23(30)18-9-14-29(15-10-18)13-2-16-32-24(31)28-21-4-1-3-20-22(21)27-12-11-26-20/h1,3-8,11-12,18H,2,9-10,13-16H2,(H,28,31). The van der Waals surface area contributed by atoms with Gasteiger partial charge in [0, 0.05) is 34.9 Å². The van der Waals surface area contributed by atoms with Crippen molar-refractivity contribution in [3.05, 3.63) is 64.9 Å². The van der Waals surface area contributed by atoms with Crippen molar-refractivity contribution in [3.8, 4) is 0 Å². The van der Waals surface area contributed by atoms with Crippen molar-refractivity contribution >= 4 is 44.5 Å². The van der Waals surface area contributed by atoms with Crippen LogP contribution in [-0.2, 0) is 4.74 Å². The second-order valence-corrected chi connectivity index (χ2v) is 8.75. The molecule has 1 fully saturated rings. The molecule has 1 amide bonds. The molecule has 1 aromatic heterocycles. The third-order valence-corrected chi connectivity index (χ3v) is 6.20. The summed E-state index contributed by atoms with van der Waals surface area (Å²) in [6.45, 7) is 2.94. The Hall–Kier alpha value is -2.84. The molecule has 2 aromatic carbocycles. The maximum absolute atomic E-state index is 12.7. The van der Waals surface area contributed by atoms with Crippen molar-refractivity contribution in [2.24, 2.45) is 5.92 Å². The van der Waals surface area contributed by atoms with E-state index in [1.165, 1.54) is 0 Å². The van der Waals surface area contributed by atoms with Crippen LogP contribution in [0.2, 0.25) is 0 Å². The Morgan fingerprint density at radius 2 is 1.81 bits per heavy atom. The third-order valence-electron chi connectivity index (χ3n) is 5.67. The van der Waals surface area contributed by atoms with Crippen LogP contribution in [0.4, 0.5) is 10.5 Å². The van der Waals surface area contributed by atoms with Gasteiger partial charge in [-0.25, -0.2) is 4.79 Å². The van der Waals surface area contributed by atoms with Crippen molar-refractivity contribution in [2.45, 2.75) is 19.3 Å². The highest BCUT2D eigenvalue weighted by atomic mass is 79.9. The van der Waals surface area contributed by atoms with E-state index in [2.05, 4.69) is 36.1 Å². The van der Waals surface area contributed by atoms with Gasteiger partial charge in [0.05, 0.1) is 17.8 Å². The van der Waals surface area contributed by atoms with Crippen LogP contribution in [-0.4, -0.2) is 53.0 Å². The number of fused-ring (bicyclic) bond motifs is 1. The van der Waals surface area contributed by atoms with Gasteiger partial charge >= 0.3 is 6.09 Å². The molecule has 0 unspecified atom stereocenters. The van der Waals surface area contributed by atoms with Crippen LogP contribution in [0.5, 0.6) is 0 Å². The number of piperidine rings is 1. The summed E-state index contributed by atoms with van der Waals surface area (Å²) in [5.41, 5.74) is 2.71. The Morgan fingerprint density at radius 1 is 1.06 bits per heavy atom. The van der Waals surface area contributed by atoms with Gasteiger partial charge in [-0.05, 0) is 56.6 Å². The van der Waals surface area contributed by atoms with Gasteiger partial charge in [0.15, 0.2) is 5.78 Å². The Morgan fingerprint density at radius 3 is 2.59 bits per heavy atom. The van der Waals surface area contributed by atoms with Crippen LogP contribution in [0, 0.1) is 5.92 Å². The van der Waals surface area contributed by atoms with Gasteiger partial charge in [0.1, 0.15) is 5.52 Å². The van der Waals surface area contributed by atoms with Crippen molar-refractivity contribution < 1.29 is 14.3 Å². The van der Waals surface area contributed by atoms with Crippen molar-refractivity contribution in [1.29, 1.82) is 0 Å². The number of hydrogen-bond acceptors (Lipinski definition) is 6. The fraction of sp³-hybridized carbons (Fsp3) is 0.333. The average molecular weight is 497 g/mol. The molecular weight excluding hydrogens is 472 g/mol. The first kappa shape index (κ1) is 22.4. The summed E-state index contributed by atoms with van der Waals surface area (Å²) in [7, 11) is 0. The first-order valence-electron chi connectivity index (χ1n) is 10.8. The molecule has 1 aliphatic heterocycles. The molecule has 8 heteroatoms.